The van der Waals surface area contributed by atoms with Gasteiger partial charge in [-0.05, 0) is 52.7 Å². The number of halogens is 2. The summed E-state index contributed by atoms with van der Waals surface area (Å²) in [5.74, 6) is 0.418. The van der Waals surface area contributed by atoms with Gasteiger partial charge >= 0.3 is 0 Å². The van der Waals surface area contributed by atoms with Gasteiger partial charge in [0.2, 0.25) is 0 Å². The fourth-order valence-corrected chi connectivity index (χ4v) is 2.31. The summed E-state index contributed by atoms with van der Waals surface area (Å²) in [5.41, 5.74) is 2.33. The smallest absolute Gasteiger partial charge is 0.139 e. The summed E-state index contributed by atoms with van der Waals surface area (Å²) in [6, 6.07) is 8.23. The third-order valence-electron chi connectivity index (χ3n) is 3.03. The molecular formula is C15H15BrFNO2. The zero-order valence-corrected chi connectivity index (χ0v) is 12.8. The molecule has 0 radical (unpaired) electrons. The molecule has 0 unspecified atom stereocenters. The molecule has 2 N–H and O–H groups in total. The zero-order valence-electron chi connectivity index (χ0n) is 11.2. The van der Waals surface area contributed by atoms with Crippen LogP contribution in [0.25, 0.3) is 0 Å². The van der Waals surface area contributed by atoms with Crippen LogP contribution in [-0.4, -0.2) is 12.2 Å². The standard InChI is InChI=1S/C15H15BrFNO2/c1-9-5-12(16)13(17)7-14(9)18-8-10-3-4-11(20-2)6-15(10)19/h3-7,18-19H,8H2,1-2H3. The van der Waals surface area contributed by atoms with Gasteiger partial charge in [-0.2, -0.15) is 0 Å². The Labute approximate surface area is 125 Å². The molecule has 0 aliphatic rings. The van der Waals surface area contributed by atoms with Gasteiger partial charge in [-0.15, -0.1) is 0 Å². The van der Waals surface area contributed by atoms with Crippen molar-refractivity contribution in [1.29, 1.82) is 0 Å². The molecule has 106 valence electrons. The second-order valence-electron chi connectivity index (χ2n) is 4.43. The molecule has 0 aromatic heterocycles. The highest BCUT2D eigenvalue weighted by atomic mass is 79.9. The van der Waals surface area contributed by atoms with Crippen molar-refractivity contribution < 1.29 is 14.2 Å². The lowest BCUT2D eigenvalue weighted by Crippen LogP contribution is -2.02. The van der Waals surface area contributed by atoms with Crippen LogP contribution in [0.5, 0.6) is 11.5 Å². The quantitative estimate of drug-likeness (QED) is 0.876. The second-order valence-corrected chi connectivity index (χ2v) is 5.28. The number of hydrogen-bond donors (Lipinski definition) is 2. The Balaban J connectivity index is 2.15. The number of phenolic OH excluding ortho intramolecular Hbond substituents is 1. The summed E-state index contributed by atoms with van der Waals surface area (Å²) in [5, 5.41) is 13.0. The number of aromatic hydroxyl groups is 1. The average molecular weight is 340 g/mol. The van der Waals surface area contributed by atoms with Crippen LogP contribution >= 0.6 is 15.9 Å². The molecule has 0 fully saturated rings. The van der Waals surface area contributed by atoms with Crippen LogP contribution in [-0.2, 0) is 6.54 Å². The summed E-state index contributed by atoms with van der Waals surface area (Å²) < 4.78 is 19.0. The molecule has 0 amide bonds. The number of phenols is 1. The molecule has 2 rings (SSSR count). The van der Waals surface area contributed by atoms with E-state index in [-0.39, 0.29) is 11.6 Å². The minimum atomic E-state index is -0.322. The first-order chi connectivity index (χ1) is 9.51. The van der Waals surface area contributed by atoms with Gasteiger partial charge in [0.25, 0.3) is 0 Å². The van der Waals surface area contributed by atoms with Gasteiger partial charge < -0.3 is 15.2 Å². The van der Waals surface area contributed by atoms with Crippen LogP contribution < -0.4 is 10.1 Å². The zero-order chi connectivity index (χ0) is 14.7. The fourth-order valence-electron chi connectivity index (χ4n) is 1.85. The van der Waals surface area contributed by atoms with Crippen molar-refractivity contribution in [1.82, 2.24) is 0 Å². The lowest BCUT2D eigenvalue weighted by atomic mass is 10.1. The molecule has 3 nitrogen and oxygen atoms in total. The maximum absolute atomic E-state index is 13.5. The summed E-state index contributed by atoms with van der Waals surface area (Å²) in [6.45, 7) is 2.29. The Morgan fingerprint density at radius 3 is 2.70 bits per heavy atom. The topological polar surface area (TPSA) is 41.5 Å². The van der Waals surface area contributed by atoms with Crippen LogP contribution in [0.2, 0.25) is 0 Å². The maximum atomic E-state index is 13.5. The minimum absolute atomic E-state index is 0.145. The monoisotopic (exact) mass is 339 g/mol. The van der Waals surface area contributed by atoms with E-state index in [1.54, 1.807) is 31.4 Å². The summed E-state index contributed by atoms with van der Waals surface area (Å²) in [6.07, 6.45) is 0. The van der Waals surface area contributed by atoms with Gasteiger partial charge in [-0.25, -0.2) is 4.39 Å². The van der Waals surface area contributed by atoms with Crippen LogP contribution in [0.15, 0.2) is 34.8 Å². The van der Waals surface area contributed by atoms with E-state index in [4.69, 9.17) is 4.74 Å². The van der Waals surface area contributed by atoms with Crippen LogP contribution in [0, 0.1) is 12.7 Å². The van der Waals surface area contributed by atoms with E-state index in [2.05, 4.69) is 21.2 Å². The molecule has 2 aromatic carbocycles. The van der Waals surface area contributed by atoms with Crippen LogP contribution in [0.4, 0.5) is 10.1 Å². The third kappa shape index (κ3) is 3.22. The highest BCUT2D eigenvalue weighted by Crippen LogP contribution is 2.27. The first-order valence-electron chi connectivity index (χ1n) is 6.06. The number of aryl methyl sites for hydroxylation is 1. The largest absolute Gasteiger partial charge is 0.507 e. The summed E-state index contributed by atoms with van der Waals surface area (Å²) in [4.78, 5) is 0. The number of anilines is 1. The Morgan fingerprint density at radius 1 is 1.30 bits per heavy atom. The molecule has 0 saturated carbocycles. The van der Waals surface area contributed by atoms with Gasteiger partial charge in [-0.3, -0.25) is 0 Å². The number of benzene rings is 2. The van der Waals surface area contributed by atoms with E-state index in [9.17, 15) is 9.50 Å². The van der Waals surface area contributed by atoms with E-state index >= 15 is 0 Å². The number of rotatable bonds is 4. The molecule has 0 aliphatic carbocycles. The van der Waals surface area contributed by atoms with E-state index in [1.165, 1.54) is 6.07 Å². The van der Waals surface area contributed by atoms with Crippen molar-refractivity contribution in [3.8, 4) is 11.5 Å². The van der Waals surface area contributed by atoms with Gasteiger partial charge in [0, 0.05) is 23.9 Å². The van der Waals surface area contributed by atoms with Crippen LogP contribution in [0.3, 0.4) is 0 Å². The number of hydrogen-bond acceptors (Lipinski definition) is 3. The Kier molecular flexibility index (Phi) is 4.49. The Morgan fingerprint density at radius 2 is 2.05 bits per heavy atom. The molecular weight excluding hydrogens is 325 g/mol. The van der Waals surface area contributed by atoms with E-state index in [1.807, 2.05) is 6.92 Å². The number of methoxy groups -OCH3 is 1. The van der Waals surface area contributed by atoms with Gasteiger partial charge in [0.1, 0.15) is 17.3 Å². The van der Waals surface area contributed by atoms with Gasteiger partial charge in [0.05, 0.1) is 11.6 Å². The van der Waals surface area contributed by atoms with Crippen molar-refractivity contribution >= 4 is 21.6 Å². The average Bonchev–Trinajstić information content (AvgIpc) is 2.42. The van der Waals surface area contributed by atoms with Crippen molar-refractivity contribution in [3.63, 3.8) is 0 Å². The highest BCUT2D eigenvalue weighted by molar-refractivity contribution is 9.10. The predicted octanol–water partition coefficient (Wildman–Crippen LogP) is 4.22. The molecule has 0 aliphatic heterocycles. The second kappa shape index (κ2) is 6.13. The van der Waals surface area contributed by atoms with E-state index < -0.39 is 0 Å². The fraction of sp³-hybridized carbons (Fsp3) is 0.200. The molecule has 0 atom stereocenters. The molecule has 0 saturated heterocycles. The third-order valence-corrected chi connectivity index (χ3v) is 3.64. The molecule has 0 spiro atoms. The number of nitrogens with one attached hydrogen (secondary N) is 1. The Bertz CT molecular complexity index is 632. The lowest BCUT2D eigenvalue weighted by molar-refractivity contribution is 0.406. The predicted molar refractivity (Wildman–Crippen MR) is 80.8 cm³/mol. The molecule has 5 heteroatoms. The molecule has 0 heterocycles. The molecule has 2 aromatic rings. The van der Waals surface area contributed by atoms with Gasteiger partial charge in [-0.1, -0.05) is 0 Å². The number of ether oxygens (including phenoxy) is 1. The van der Waals surface area contributed by atoms with Crippen molar-refractivity contribution in [3.05, 3.63) is 51.7 Å². The first kappa shape index (κ1) is 14.7. The van der Waals surface area contributed by atoms with Crippen molar-refractivity contribution in [2.75, 3.05) is 12.4 Å². The van der Waals surface area contributed by atoms with Gasteiger partial charge in [0.15, 0.2) is 0 Å². The van der Waals surface area contributed by atoms with Crippen LogP contribution in [0.1, 0.15) is 11.1 Å². The van der Waals surface area contributed by atoms with E-state index in [0.717, 1.165) is 5.56 Å². The van der Waals surface area contributed by atoms with Crippen molar-refractivity contribution in [2.45, 2.75) is 13.5 Å². The SMILES string of the molecule is COc1ccc(CNc2cc(F)c(Br)cc2C)c(O)c1. The first-order valence-corrected chi connectivity index (χ1v) is 6.86. The summed E-state index contributed by atoms with van der Waals surface area (Å²) >= 11 is 3.15. The van der Waals surface area contributed by atoms with E-state index in [0.29, 0.717) is 28.0 Å². The maximum Gasteiger partial charge on any atom is 0.139 e. The lowest BCUT2D eigenvalue weighted by Gasteiger charge is -2.12. The molecule has 0 bridgehead atoms. The Hall–Kier alpha value is -1.75. The normalized spacial score (nSPS) is 10.4. The minimum Gasteiger partial charge on any atom is -0.507 e. The summed E-state index contributed by atoms with van der Waals surface area (Å²) in [7, 11) is 1.54. The van der Waals surface area contributed by atoms with Crippen molar-refractivity contribution in [2.24, 2.45) is 0 Å². The molecule has 20 heavy (non-hydrogen) atoms. The highest BCUT2D eigenvalue weighted by Gasteiger charge is 2.07.